The number of fused-ring (bicyclic) bond motifs is 1. The molecule has 21 heavy (non-hydrogen) atoms. The van der Waals surface area contributed by atoms with Crippen LogP contribution in [0.2, 0.25) is 5.02 Å². The molecule has 0 amide bonds. The zero-order valence-electron chi connectivity index (χ0n) is 12.1. The highest BCUT2D eigenvalue weighted by atomic mass is 35.5. The van der Waals surface area contributed by atoms with Gasteiger partial charge in [-0.3, -0.25) is 9.69 Å². The summed E-state index contributed by atoms with van der Waals surface area (Å²) in [6.45, 7) is 3.61. The Morgan fingerprint density at radius 2 is 2.33 bits per heavy atom. The molecule has 2 aliphatic rings. The Hall–Kier alpha value is -1.26. The molecular weight excluding hydrogens is 290 g/mol. The Kier molecular flexibility index (Phi) is 4.09. The predicted octanol–water partition coefficient (Wildman–Crippen LogP) is 2.83. The van der Waals surface area contributed by atoms with Gasteiger partial charge in [0.15, 0.2) is 0 Å². The first kappa shape index (κ1) is 14.7. The molecule has 1 aromatic rings. The van der Waals surface area contributed by atoms with Crippen molar-refractivity contribution < 1.29 is 14.6 Å². The molecule has 0 saturated carbocycles. The van der Waals surface area contributed by atoms with E-state index in [1.54, 1.807) is 0 Å². The fourth-order valence-electron chi connectivity index (χ4n) is 3.32. The summed E-state index contributed by atoms with van der Waals surface area (Å²) in [4.78, 5) is 13.5. The van der Waals surface area contributed by atoms with Crippen LogP contribution in [0.25, 0.3) is 0 Å². The van der Waals surface area contributed by atoms with Gasteiger partial charge in [-0.25, -0.2) is 0 Å². The Bertz CT molecular complexity index is 548. The van der Waals surface area contributed by atoms with Crippen LogP contribution in [0.1, 0.15) is 25.3 Å². The molecule has 2 heterocycles. The average Bonchev–Trinajstić information content (AvgIpc) is 2.82. The second-order valence-electron chi connectivity index (χ2n) is 6.17. The zero-order chi connectivity index (χ0) is 15.0. The van der Waals surface area contributed by atoms with Crippen molar-refractivity contribution in [1.29, 1.82) is 0 Å². The summed E-state index contributed by atoms with van der Waals surface area (Å²) >= 11 is 6.00. The maximum Gasteiger partial charge on any atom is 0.320 e. The molecule has 1 N–H and O–H groups in total. The van der Waals surface area contributed by atoms with E-state index in [-0.39, 0.29) is 12.1 Å². The summed E-state index contributed by atoms with van der Waals surface area (Å²) in [5, 5.41) is 10.1. The highest BCUT2D eigenvalue weighted by Gasteiger charge is 2.34. The van der Waals surface area contributed by atoms with Crippen molar-refractivity contribution in [3.8, 4) is 5.75 Å². The molecule has 0 aliphatic carbocycles. The van der Waals surface area contributed by atoms with E-state index < -0.39 is 5.97 Å². The van der Waals surface area contributed by atoms with E-state index >= 15 is 0 Å². The third-order valence-electron chi connectivity index (χ3n) is 4.46. The fourth-order valence-corrected chi connectivity index (χ4v) is 3.51. The number of carboxylic acids is 1. The average molecular weight is 310 g/mol. The van der Waals surface area contributed by atoms with Crippen molar-refractivity contribution in [3.63, 3.8) is 0 Å². The SMILES string of the molecule is CC1CCN(CC2Cc3cc(Cl)ccc3O2)C(C(=O)O)C1. The zero-order valence-corrected chi connectivity index (χ0v) is 12.8. The first-order valence-corrected chi connectivity index (χ1v) is 7.82. The van der Waals surface area contributed by atoms with E-state index in [2.05, 4.69) is 11.8 Å². The van der Waals surface area contributed by atoms with Gasteiger partial charge < -0.3 is 9.84 Å². The van der Waals surface area contributed by atoms with Crippen molar-refractivity contribution in [2.24, 2.45) is 5.92 Å². The lowest BCUT2D eigenvalue weighted by molar-refractivity contribution is -0.145. The predicted molar refractivity (Wildman–Crippen MR) is 81.0 cm³/mol. The van der Waals surface area contributed by atoms with Crippen molar-refractivity contribution in [1.82, 2.24) is 4.90 Å². The van der Waals surface area contributed by atoms with E-state index in [4.69, 9.17) is 16.3 Å². The summed E-state index contributed by atoms with van der Waals surface area (Å²) in [5.41, 5.74) is 1.12. The lowest BCUT2D eigenvalue weighted by Gasteiger charge is -2.37. The molecule has 0 aromatic heterocycles. The summed E-state index contributed by atoms with van der Waals surface area (Å²) in [6.07, 6.45) is 2.60. The van der Waals surface area contributed by atoms with Crippen LogP contribution in [0.5, 0.6) is 5.75 Å². The number of ether oxygens (including phenoxy) is 1. The van der Waals surface area contributed by atoms with Gasteiger partial charge in [0.1, 0.15) is 17.9 Å². The van der Waals surface area contributed by atoms with E-state index in [0.29, 0.717) is 17.5 Å². The quantitative estimate of drug-likeness (QED) is 0.933. The monoisotopic (exact) mass is 309 g/mol. The molecule has 0 radical (unpaired) electrons. The van der Waals surface area contributed by atoms with Crippen molar-refractivity contribution in [3.05, 3.63) is 28.8 Å². The summed E-state index contributed by atoms with van der Waals surface area (Å²) < 4.78 is 5.93. The van der Waals surface area contributed by atoms with Gasteiger partial charge in [0.05, 0.1) is 0 Å². The molecule has 3 atom stereocenters. The Balaban J connectivity index is 1.66. The standard InChI is InChI=1S/C16H20ClNO3/c1-10-4-5-18(14(6-10)16(19)20)9-13-8-11-7-12(17)2-3-15(11)21-13/h2-3,7,10,13-14H,4-6,8-9H2,1H3,(H,19,20). The van der Waals surface area contributed by atoms with Gasteiger partial charge in [-0.15, -0.1) is 0 Å². The highest BCUT2D eigenvalue weighted by molar-refractivity contribution is 6.30. The minimum absolute atomic E-state index is 0.0220. The van der Waals surface area contributed by atoms with E-state index in [1.165, 1.54) is 0 Å². The van der Waals surface area contributed by atoms with Crippen molar-refractivity contribution in [2.75, 3.05) is 13.1 Å². The van der Waals surface area contributed by atoms with E-state index in [1.807, 2.05) is 18.2 Å². The van der Waals surface area contributed by atoms with Crippen LogP contribution < -0.4 is 4.74 Å². The number of likely N-dealkylation sites (tertiary alicyclic amines) is 1. The van der Waals surface area contributed by atoms with Crippen LogP contribution in [0.4, 0.5) is 0 Å². The number of piperidine rings is 1. The molecule has 0 spiro atoms. The van der Waals surface area contributed by atoms with Crippen LogP contribution in [0.3, 0.4) is 0 Å². The molecule has 3 rings (SSSR count). The largest absolute Gasteiger partial charge is 0.488 e. The summed E-state index contributed by atoms with van der Waals surface area (Å²) in [6, 6.07) is 5.27. The molecule has 4 nitrogen and oxygen atoms in total. The topological polar surface area (TPSA) is 49.8 Å². The van der Waals surface area contributed by atoms with Crippen LogP contribution in [-0.4, -0.2) is 41.2 Å². The first-order chi connectivity index (χ1) is 10.0. The van der Waals surface area contributed by atoms with Gasteiger partial charge in [0, 0.05) is 18.0 Å². The number of carbonyl (C=O) groups is 1. The van der Waals surface area contributed by atoms with Gasteiger partial charge in [-0.1, -0.05) is 18.5 Å². The van der Waals surface area contributed by atoms with E-state index in [0.717, 1.165) is 37.1 Å². The number of halogens is 1. The molecule has 2 aliphatic heterocycles. The second kappa shape index (κ2) is 5.85. The number of carboxylic acid groups (broad SMARTS) is 1. The number of aliphatic carboxylic acids is 1. The number of benzene rings is 1. The molecule has 114 valence electrons. The van der Waals surface area contributed by atoms with Crippen LogP contribution >= 0.6 is 11.6 Å². The lowest BCUT2D eigenvalue weighted by atomic mass is 9.92. The van der Waals surface area contributed by atoms with Gasteiger partial charge >= 0.3 is 5.97 Å². The van der Waals surface area contributed by atoms with Crippen LogP contribution in [-0.2, 0) is 11.2 Å². The van der Waals surface area contributed by atoms with E-state index in [9.17, 15) is 9.90 Å². The molecule has 1 saturated heterocycles. The summed E-state index contributed by atoms with van der Waals surface area (Å²) in [5.74, 6) is 0.629. The van der Waals surface area contributed by atoms with Crippen molar-refractivity contribution in [2.45, 2.75) is 38.3 Å². The Labute approximate surface area is 129 Å². The summed E-state index contributed by atoms with van der Waals surface area (Å²) in [7, 11) is 0. The number of hydrogen-bond acceptors (Lipinski definition) is 3. The normalized spacial score (nSPS) is 29.0. The maximum atomic E-state index is 11.4. The number of hydrogen-bond donors (Lipinski definition) is 1. The Morgan fingerprint density at radius 1 is 1.52 bits per heavy atom. The second-order valence-corrected chi connectivity index (χ2v) is 6.61. The highest BCUT2D eigenvalue weighted by Crippen LogP contribution is 2.32. The molecule has 5 heteroatoms. The first-order valence-electron chi connectivity index (χ1n) is 7.45. The third-order valence-corrected chi connectivity index (χ3v) is 4.70. The lowest BCUT2D eigenvalue weighted by Crippen LogP contribution is -2.50. The van der Waals surface area contributed by atoms with Gasteiger partial charge in [-0.2, -0.15) is 0 Å². The van der Waals surface area contributed by atoms with Crippen molar-refractivity contribution >= 4 is 17.6 Å². The minimum atomic E-state index is -0.722. The Morgan fingerprint density at radius 3 is 3.10 bits per heavy atom. The van der Waals surface area contributed by atoms with Crippen LogP contribution in [0, 0.1) is 5.92 Å². The molecular formula is C16H20ClNO3. The third kappa shape index (κ3) is 3.16. The van der Waals surface area contributed by atoms with Gasteiger partial charge in [0.2, 0.25) is 0 Å². The minimum Gasteiger partial charge on any atom is -0.488 e. The smallest absolute Gasteiger partial charge is 0.320 e. The maximum absolute atomic E-state index is 11.4. The molecule has 0 bridgehead atoms. The van der Waals surface area contributed by atoms with Gasteiger partial charge in [-0.05, 0) is 49.1 Å². The molecule has 1 fully saturated rings. The van der Waals surface area contributed by atoms with Crippen LogP contribution in [0.15, 0.2) is 18.2 Å². The molecule has 3 unspecified atom stereocenters. The fraction of sp³-hybridized carbons (Fsp3) is 0.562. The van der Waals surface area contributed by atoms with Gasteiger partial charge in [0.25, 0.3) is 0 Å². The number of rotatable bonds is 3. The number of nitrogens with zero attached hydrogens (tertiary/aromatic N) is 1. The molecule has 1 aromatic carbocycles.